The number of halogens is 2. The fourth-order valence-corrected chi connectivity index (χ4v) is 1.12. The third-order valence-corrected chi connectivity index (χ3v) is 1.97. The molecule has 16 heavy (non-hydrogen) atoms. The van der Waals surface area contributed by atoms with Crippen molar-refractivity contribution in [2.45, 2.75) is 6.42 Å². The maximum absolute atomic E-state index is 13.5. The molecule has 4 heteroatoms. The van der Waals surface area contributed by atoms with Crippen LogP contribution in [0.5, 0.6) is 0 Å². The molecular weight excluding hydrogens is 212 g/mol. The summed E-state index contributed by atoms with van der Waals surface area (Å²) in [5, 5.41) is 2.89. The third-order valence-electron chi connectivity index (χ3n) is 1.97. The predicted octanol–water partition coefficient (Wildman–Crippen LogP) is 1.74. The first-order valence-electron chi connectivity index (χ1n) is 4.77. The van der Waals surface area contributed by atoms with Gasteiger partial charge in [0.25, 0.3) is 0 Å². The van der Waals surface area contributed by atoms with Crippen molar-refractivity contribution in [2.75, 3.05) is 13.6 Å². The zero-order chi connectivity index (χ0) is 12.0. The SMILES string of the molecule is CNCCC#Cc1ccc(F)c(C=O)c1F. The molecule has 0 bridgehead atoms. The van der Waals surface area contributed by atoms with Gasteiger partial charge >= 0.3 is 0 Å². The minimum absolute atomic E-state index is 0.0413. The van der Waals surface area contributed by atoms with Crippen molar-refractivity contribution >= 4 is 6.29 Å². The van der Waals surface area contributed by atoms with Gasteiger partial charge in [0.15, 0.2) is 12.1 Å². The second-order valence-electron chi connectivity index (χ2n) is 3.10. The Kier molecular flexibility index (Phi) is 4.62. The fourth-order valence-electron chi connectivity index (χ4n) is 1.12. The van der Waals surface area contributed by atoms with E-state index < -0.39 is 17.2 Å². The molecule has 0 aromatic heterocycles. The molecule has 0 atom stereocenters. The molecule has 1 aromatic carbocycles. The molecule has 0 aliphatic rings. The molecule has 84 valence electrons. The van der Waals surface area contributed by atoms with Gasteiger partial charge in [-0.05, 0) is 19.2 Å². The topological polar surface area (TPSA) is 29.1 Å². The van der Waals surface area contributed by atoms with Gasteiger partial charge in [0.05, 0.1) is 11.1 Å². The molecule has 0 heterocycles. The van der Waals surface area contributed by atoms with Crippen LogP contribution in [0.4, 0.5) is 8.78 Å². The Morgan fingerprint density at radius 1 is 1.44 bits per heavy atom. The van der Waals surface area contributed by atoms with Gasteiger partial charge in [-0.3, -0.25) is 4.79 Å². The minimum atomic E-state index is -0.896. The molecule has 0 amide bonds. The molecular formula is C12H11F2NO. The Bertz CT molecular complexity index is 446. The largest absolute Gasteiger partial charge is 0.319 e. The molecule has 2 nitrogen and oxygen atoms in total. The van der Waals surface area contributed by atoms with E-state index in [1.54, 1.807) is 7.05 Å². The second-order valence-corrected chi connectivity index (χ2v) is 3.10. The summed E-state index contributed by atoms with van der Waals surface area (Å²) in [5.74, 6) is 3.52. The summed E-state index contributed by atoms with van der Waals surface area (Å²) in [6, 6.07) is 2.26. The van der Waals surface area contributed by atoms with Gasteiger partial charge in [-0.15, -0.1) is 0 Å². The molecule has 1 N–H and O–H groups in total. The lowest BCUT2D eigenvalue weighted by Gasteiger charge is -1.99. The Balaban J connectivity index is 2.96. The van der Waals surface area contributed by atoms with E-state index in [0.717, 1.165) is 6.07 Å². The molecule has 0 radical (unpaired) electrons. The number of aldehydes is 1. The number of carbonyl (C=O) groups is 1. The Hall–Kier alpha value is -1.73. The summed E-state index contributed by atoms with van der Waals surface area (Å²) >= 11 is 0. The van der Waals surface area contributed by atoms with Crippen molar-refractivity contribution < 1.29 is 13.6 Å². The van der Waals surface area contributed by atoms with Crippen molar-refractivity contribution in [3.05, 3.63) is 34.9 Å². The Labute approximate surface area is 92.7 Å². The highest BCUT2D eigenvalue weighted by Gasteiger charge is 2.10. The van der Waals surface area contributed by atoms with E-state index in [-0.39, 0.29) is 11.8 Å². The van der Waals surface area contributed by atoms with Crippen LogP contribution >= 0.6 is 0 Å². The smallest absolute Gasteiger partial charge is 0.156 e. The fraction of sp³-hybridized carbons (Fsp3) is 0.250. The lowest BCUT2D eigenvalue weighted by atomic mass is 10.1. The predicted molar refractivity (Wildman–Crippen MR) is 57.2 cm³/mol. The van der Waals surface area contributed by atoms with E-state index in [9.17, 15) is 13.6 Å². The van der Waals surface area contributed by atoms with Gasteiger partial charge in [0.2, 0.25) is 0 Å². The molecule has 0 spiro atoms. The maximum atomic E-state index is 13.5. The summed E-state index contributed by atoms with van der Waals surface area (Å²) < 4.78 is 26.4. The summed E-state index contributed by atoms with van der Waals surface area (Å²) in [7, 11) is 1.78. The van der Waals surface area contributed by atoms with Crippen LogP contribution in [0.2, 0.25) is 0 Å². The molecule has 0 aliphatic heterocycles. The van der Waals surface area contributed by atoms with Crippen LogP contribution in [0, 0.1) is 23.5 Å². The first kappa shape index (κ1) is 12.3. The highest BCUT2D eigenvalue weighted by Crippen LogP contribution is 2.14. The third kappa shape index (κ3) is 2.88. The first-order chi connectivity index (χ1) is 7.70. The summed E-state index contributed by atoms with van der Waals surface area (Å²) in [5.41, 5.74) is -0.528. The molecule has 1 rings (SSSR count). The molecule has 0 saturated carbocycles. The summed E-state index contributed by atoms with van der Waals surface area (Å²) in [6.45, 7) is 0.691. The monoisotopic (exact) mass is 223 g/mol. The van der Waals surface area contributed by atoms with E-state index >= 15 is 0 Å². The van der Waals surface area contributed by atoms with Crippen molar-refractivity contribution in [1.82, 2.24) is 5.32 Å². The molecule has 0 saturated heterocycles. The average molecular weight is 223 g/mol. The molecule has 0 aliphatic carbocycles. The van der Waals surface area contributed by atoms with Crippen LogP contribution in [-0.4, -0.2) is 19.9 Å². The highest BCUT2D eigenvalue weighted by atomic mass is 19.1. The van der Waals surface area contributed by atoms with E-state index in [1.165, 1.54) is 6.07 Å². The zero-order valence-corrected chi connectivity index (χ0v) is 8.81. The Morgan fingerprint density at radius 3 is 2.81 bits per heavy atom. The lowest BCUT2D eigenvalue weighted by molar-refractivity contribution is 0.111. The van der Waals surface area contributed by atoms with E-state index in [2.05, 4.69) is 17.2 Å². The zero-order valence-electron chi connectivity index (χ0n) is 8.81. The van der Waals surface area contributed by atoms with Gasteiger partial charge < -0.3 is 5.32 Å². The number of rotatable bonds is 3. The summed E-state index contributed by atoms with van der Waals surface area (Å²) in [6.07, 6.45) is 0.715. The van der Waals surface area contributed by atoms with Crippen LogP contribution < -0.4 is 5.32 Å². The second kappa shape index (κ2) is 5.99. The van der Waals surface area contributed by atoms with Gasteiger partial charge in [-0.1, -0.05) is 11.8 Å². The van der Waals surface area contributed by atoms with Gasteiger partial charge in [0.1, 0.15) is 5.82 Å². The first-order valence-corrected chi connectivity index (χ1v) is 4.77. The number of hydrogen-bond acceptors (Lipinski definition) is 2. The average Bonchev–Trinajstić information content (AvgIpc) is 2.28. The van der Waals surface area contributed by atoms with Gasteiger partial charge in [-0.25, -0.2) is 8.78 Å². The van der Waals surface area contributed by atoms with Crippen LogP contribution in [-0.2, 0) is 0 Å². The number of carbonyl (C=O) groups excluding carboxylic acids is 1. The Morgan fingerprint density at radius 2 is 2.19 bits per heavy atom. The van der Waals surface area contributed by atoms with E-state index in [1.807, 2.05) is 0 Å². The van der Waals surface area contributed by atoms with Crippen LogP contribution in [0.15, 0.2) is 12.1 Å². The van der Waals surface area contributed by atoms with Gasteiger partial charge in [0, 0.05) is 13.0 Å². The number of nitrogens with one attached hydrogen (secondary N) is 1. The number of hydrogen-bond donors (Lipinski definition) is 1. The normalized spacial score (nSPS) is 9.44. The molecule has 1 aromatic rings. The van der Waals surface area contributed by atoms with Crippen LogP contribution in [0.25, 0.3) is 0 Å². The van der Waals surface area contributed by atoms with Gasteiger partial charge in [-0.2, -0.15) is 0 Å². The van der Waals surface area contributed by atoms with E-state index in [4.69, 9.17) is 0 Å². The van der Waals surface area contributed by atoms with Crippen molar-refractivity contribution in [3.63, 3.8) is 0 Å². The van der Waals surface area contributed by atoms with Crippen molar-refractivity contribution in [1.29, 1.82) is 0 Å². The lowest BCUT2D eigenvalue weighted by Crippen LogP contribution is -2.06. The standard InChI is InChI=1S/C12H11F2NO/c1-15-7-3-2-4-9-5-6-11(13)10(8-16)12(9)14/h5-6,8,15H,3,7H2,1H3. The van der Waals surface area contributed by atoms with Crippen LogP contribution in [0.1, 0.15) is 22.3 Å². The van der Waals surface area contributed by atoms with Crippen LogP contribution in [0.3, 0.4) is 0 Å². The number of benzene rings is 1. The van der Waals surface area contributed by atoms with E-state index in [0.29, 0.717) is 13.0 Å². The summed E-state index contributed by atoms with van der Waals surface area (Å²) in [4.78, 5) is 10.4. The highest BCUT2D eigenvalue weighted by molar-refractivity contribution is 5.76. The van der Waals surface area contributed by atoms with Crippen molar-refractivity contribution in [2.24, 2.45) is 0 Å². The quantitative estimate of drug-likeness (QED) is 0.480. The minimum Gasteiger partial charge on any atom is -0.319 e. The maximum Gasteiger partial charge on any atom is 0.156 e. The molecule has 0 fully saturated rings. The molecule has 0 unspecified atom stereocenters. The van der Waals surface area contributed by atoms with Crippen molar-refractivity contribution in [3.8, 4) is 11.8 Å².